The van der Waals surface area contributed by atoms with Crippen LogP contribution in [0.25, 0.3) is 21.8 Å². The maximum Gasteiger partial charge on any atom is 0.0711 e. The zero-order chi connectivity index (χ0) is 20.8. The highest BCUT2D eigenvalue weighted by Crippen LogP contribution is 2.28. The van der Waals surface area contributed by atoms with E-state index < -0.39 is 0 Å². The molecule has 0 aliphatic rings. The van der Waals surface area contributed by atoms with Gasteiger partial charge in [0.25, 0.3) is 0 Å². The summed E-state index contributed by atoms with van der Waals surface area (Å²) in [7, 11) is 0. The molecule has 30 heavy (non-hydrogen) atoms. The lowest BCUT2D eigenvalue weighted by molar-refractivity contribution is 0.697. The minimum absolute atomic E-state index is 0.692. The van der Waals surface area contributed by atoms with E-state index in [1.54, 1.807) is 0 Å². The molecule has 2 aromatic heterocycles. The highest BCUT2D eigenvalue weighted by atomic mass is 35.5. The molecular weight excluding hydrogens is 415 g/mol. The number of hydrogen-bond donors (Lipinski definition) is 0. The van der Waals surface area contributed by atoms with Gasteiger partial charge in [-0.25, -0.2) is 0 Å². The molecule has 0 atom stereocenters. The quantitative estimate of drug-likeness (QED) is 0.327. The Bertz CT molecular complexity index is 1260. The number of hydrogen-bond acceptors (Lipinski definition) is 2. The number of halogens is 2. The number of aryl methyl sites for hydroxylation is 2. The molecule has 0 aliphatic heterocycles. The highest BCUT2D eigenvalue weighted by molar-refractivity contribution is 6.30. The minimum atomic E-state index is 0.692. The lowest BCUT2D eigenvalue weighted by atomic mass is 10.1. The predicted molar refractivity (Wildman–Crippen MR) is 124 cm³/mol. The van der Waals surface area contributed by atoms with Gasteiger partial charge in [-0.3, -0.25) is 9.36 Å². The van der Waals surface area contributed by atoms with E-state index in [0.29, 0.717) is 13.1 Å². The molecule has 0 unspecified atom stereocenters. The van der Waals surface area contributed by atoms with Crippen LogP contribution < -0.4 is 0 Å². The lowest BCUT2D eigenvalue weighted by Crippen LogP contribution is -2.03. The van der Waals surface area contributed by atoms with Crippen LogP contribution >= 0.6 is 23.2 Å². The summed E-state index contributed by atoms with van der Waals surface area (Å²) in [6.07, 6.45) is 0. The van der Waals surface area contributed by atoms with E-state index in [2.05, 4.69) is 35.3 Å². The first-order valence-corrected chi connectivity index (χ1v) is 10.6. The number of rotatable bonds is 4. The normalized spacial score (nSPS) is 11.6. The van der Waals surface area contributed by atoms with Crippen molar-refractivity contribution in [3.8, 4) is 0 Å². The minimum Gasteiger partial charge on any atom is -0.260 e. The molecule has 0 saturated heterocycles. The van der Waals surface area contributed by atoms with Gasteiger partial charge in [0.1, 0.15) is 0 Å². The summed E-state index contributed by atoms with van der Waals surface area (Å²) in [5, 5.41) is 13.4. The maximum atomic E-state index is 6.03. The second-order valence-corrected chi connectivity index (χ2v) is 8.50. The molecule has 0 saturated carbocycles. The molecule has 6 heteroatoms. The highest BCUT2D eigenvalue weighted by Gasteiger charge is 2.14. The third-order valence-corrected chi connectivity index (χ3v) is 5.99. The van der Waals surface area contributed by atoms with Gasteiger partial charge < -0.3 is 0 Å². The lowest BCUT2D eigenvalue weighted by Gasteiger charge is -2.07. The first-order valence-electron chi connectivity index (χ1n) is 9.81. The Kier molecular flexibility index (Phi) is 4.76. The van der Waals surface area contributed by atoms with Crippen molar-refractivity contribution in [1.29, 1.82) is 0 Å². The summed E-state index contributed by atoms with van der Waals surface area (Å²) < 4.78 is 4.12. The second-order valence-electron chi connectivity index (χ2n) is 7.63. The molecule has 2 heterocycles. The fourth-order valence-corrected chi connectivity index (χ4v) is 4.18. The van der Waals surface area contributed by atoms with Crippen molar-refractivity contribution in [2.45, 2.75) is 26.9 Å². The summed E-state index contributed by atoms with van der Waals surface area (Å²) in [5.41, 5.74) is 6.57. The number of benzene rings is 3. The summed E-state index contributed by atoms with van der Waals surface area (Å²) in [5.74, 6) is 0. The molecular formula is C24H20Cl2N4. The zero-order valence-electron chi connectivity index (χ0n) is 16.7. The van der Waals surface area contributed by atoms with Crippen molar-refractivity contribution in [3.63, 3.8) is 0 Å². The summed E-state index contributed by atoms with van der Waals surface area (Å²) in [4.78, 5) is 0. The van der Waals surface area contributed by atoms with Crippen LogP contribution in [-0.4, -0.2) is 19.6 Å². The van der Waals surface area contributed by atoms with Gasteiger partial charge in [0.05, 0.1) is 35.5 Å². The van der Waals surface area contributed by atoms with Crippen LogP contribution in [0.2, 0.25) is 10.0 Å². The molecule has 0 N–H and O–H groups in total. The van der Waals surface area contributed by atoms with Gasteiger partial charge in [-0.2, -0.15) is 10.2 Å². The third kappa shape index (κ3) is 3.47. The van der Waals surface area contributed by atoms with E-state index in [0.717, 1.165) is 54.4 Å². The standard InChI is InChI=1S/C24H20Cl2N4/c1-15-21-11-22-16(2)28-30(14-18-5-9-20(26)10-6-18)24(22)12-23(21)29(27-15)13-17-3-7-19(25)8-4-17/h3-12H,13-14H2,1-2H3. The smallest absolute Gasteiger partial charge is 0.0711 e. The molecule has 0 aliphatic carbocycles. The van der Waals surface area contributed by atoms with Gasteiger partial charge in [-0.15, -0.1) is 0 Å². The number of fused-ring (bicyclic) bond motifs is 2. The van der Waals surface area contributed by atoms with E-state index >= 15 is 0 Å². The van der Waals surface area contributed by atoms with Crippen LogP contribution in [0.4, 0.5) is 0 Å². The average molecular weight is 435 g/mol. The zero-order valence-corrected chi connectivity index (χ0v) is 18.2. The van der Waals surface area contributed by atoms with Crippen molar-refractivity contribution in [3.05, 3.63) is 93.2 Å². The number of nitrogens with zero attached hydrogens (tertiary/aromatic N) is 4. The van der Waals surface area contributed by atoms with E-state index in [1.165, 1.54) is 0 Å². The molecule has 0 bridgehead atoms. The third-order valence-electron chi connectivity index (χ3n) is 5.48. The molecule has 5 aromatic rings. The van der Waals surface area contributed by atoms with Crippen molar-refractivity contribution in [2.24, 2.45) is 0 Å². The van der Waals surface area contributed by atoms with E-state index in [9.17, 15) is 0 Å². The Balaban J connectivity index is 1.61. The first-order chi connectivity index (χ1) is 14.5. The van der Waals surface area contributed by atoms with Crippen LogP contribution in [0.3, 0.4) is 0 Å². The van der Waals surface area contributed by atoms with Gasteiger partial charge in [-0.1, -0.05) is 47.5 Å². The van der Waals surface area contributed by atoms with Crippen molar-refractivity contribution in [2.75, 3.05) is 0 Å². The molecule has 0 spiro atoms. The molecule has 3 aromatic carbocycles. The van der Waals surface area contributed by atoms with Crippen LogP contribution in [0, 0.1) is 13.8 Å². The van der Waals surface area contributed by atoms with Crippen LogP contribution in [0.1, 0.15) is 22.5 Å². The summed E-state index contributed by atoms with van der Waals surface area (Å²) in [6, 6.07) is 20.2. The fraction of sp³-hybridized carbons (Fsp3) is 0.167. The Hall–Kier alpha value is -2.82. The van der Waals surface area contributed by atoms with E-state index in [-0.39, 0.29) is 0 Å². The van der Waals surface area contributed by atoms with Crippen molar-refractivity contribution >= 4 is 45.0 Å². The maximum absolute atomic E-state index is 6.03. The van der Waals surface area contributed by atoms with Gasteiger partial charge in [-0.05, 0) is 61.4 Å². The largest absolute Gasteiger partial charge is 0.260 e. The molecule has 150 valence electrons. The Morgan fingerprint density at radius 1 is 0.633 bits per heavy atom. The Morgan fingerprint density at radius 3 is 1.43 bits per heavy atom. The van der Waals surface area contributed by atoms with Gasteiger partial charge in [0, 0.05) is 20.8 Å². The number of aromatic nitrogens is 4. The monoisotopic (exact) mass is 434 g/mol. The van der Waals surface area contributed by atoms with Crippen LogP contribution in [0.5, 0.6) is 0 Å². The van der Waals surface area contributed by atoms with Crippen LogP contribution in [-0.2, 0) is 13.1 Å². The summed E-state index contributed by atoms with van der Waals surface area (Å²) >= 11 is 12.1. The molecule has 0 amide bonds. The van der Waals surface area contributed by atoms with Crippen LogP contribution in [0.15, 0.2) is 60.7 Å². The van der Waals surface area contributed by atoms with Gasteiger partial charge in [0.2, 0.25) is 0 Å². The predicted octanol–water partition coefficient (Wildman–Crippen LogP) is 6.41. The fourth-order valence-electron chi connectivity index (χ4n) is 3.93. The molecule has 0 fully saturated rings. The van der Waals surface area contributed by atoms with E-state index in [1.807, 2.05) is 48.5 Å². The van der Waals surface area contributed by atoms with E-state index in [4.69, 9.17) is 33.4 Å². The molecule has 4 nitrogen and oxygen atoms in total. The molecule has 0 radical (unpaired) electrons. The SMILES string of the molecule is Cc1nn(Cc2ccc(Cl)cc2)c2cc3c(cc12)c(C)nn3Cc1ccc(Cl)cc1. The van der Waals surface area contributed by atoms with Gasteiger partial charge >= 0.3 is 0 Å². The van der Waals surface area contributed by atoms with Crippen molar-refractivity contribution in [1.82, 2.24) is 19.6 Å². The topological polar surface area (TPSA) is 35.6 Å². The Labute approximate surface area is 184 Å². The first kappa shape index (κ1) is 19.2. The average Bonchev–Trinajstić information content (AvgIpc) is 3.21. The van der Waals surface area contributed by atoms with Crippen molar-refractivity contribution < 1.29 is 0 Å². The Morgan fingerprint density at radius 2 is 1.03 bits per heavy atom. The summed E-state index contributed by atoms with van der Waals surface area (Å²) in [6.45, 7) is 5.49. The van der Waals surface area contributed by atoms with Gasteiger partial charge in [0.15, 0.2) is 0 Å². The molecule has 5 rings (SSSR count). The second kappa shape index (κ2) is 7.46.